The Hall–Kier alpha value is -3.87. The first-order valence-corrected chi connectivity index (χ1v) is 19.5. The first-order chi connectivity index (χ1) is 25.2. The maximum absolute atomic E-state index is 12.0. The number of carbonyl (C=O) groups is 1. The minimum absolute atomic E-state index is 0.164. The topological polar surface area (TPSA) is 85.2 Å². The number of aliphatic hydroxyl groups excluding tert-OH is 2. The second-order valence-electron chi connectivity index (χ2n) is 14.8. The lowest BCUT2D eigenvalue weighted by atomic mass is 9.76. The number of carbonyl (C=O) groups excluding carboxylic acids is 1. The molecule has 6 heteroatoms. The van der Waals surface area contributed by atoms with E-state index < -0.39 is 11.4 Å². The number of benzene rings is 3. The number of aryl methyl sites for hydroxylation is 2. The number of esters is 1. The van der Waals surface area contributed by atoms with Gasteiger partial charge in [-0.25, -0.2) is 4.79 Å². The van der Waals surface area contributed by atoms with Crippen LogP contribution in [0.5, 0.6) is 5.75 Å². The Labute approximate surface area is 312 Å². The van der Waals surface area contributed by atoms with Gasteiger partial charge in [-0.05, 0) is 127 Å². The van der Waals surface area contributed by atoms with Crippen LogP contribution in [0.1, 0.15) is 114 Å². The van der Waals surface area contributed by atoms with Crippen LogP contribution in [0.2, 0.25) is 0 Å². The van der Waals surface area contributed by atoms with Crippen LogP contribution in [0.3, 0.4) is 0 Å². The number of hydrogen-bond acceptors (Lipinski definition) is 6. The highest BCUT2D eigenvalue weighted by molar-refractivity contribution is 5.86. The Balaban J connectivity index is 1.65. The molecule has 0 heterocycles. The fraction of sp³-hybridized carbons (Fsp3) is 0.500. The van der Waals surface area contributed by atoms with Gasteiger partial charge < -0.3 is 24.4 Å². The molecule has 0 spiro atoms. The summed E-state index contributed by atoms with van der Waals surface area (Å²) in [6.07, 6.45) is 13.0. The van der Waals surface area contributed by atoms with Crippen molar-refractivity contribution in [3.63, 3.8) is 0 Å². The molecule has 0 saturated heterocycles. The SMILES string of the molecule is C=COCc1cc(C2CCC(CCC)CC2)ccc1-c1ccc(-c2cc(CCCOC(=O)C(=C)C)c(OCC(CC)(CO)CO)cc2CCC)cc1. The van der Waals surface area contributed by atoms with Crippen molar-refractivity contribution in [2.75, 3.05) is 26.4 Å². The summed E-state index contributed by atoms with van der Waals surface area (Å²) >= 11 is 0. The second kappa shape index (κ2) is 20.4. The zero-order valence-electron chi connectivity index (χ0n) is 32.2. The van der Waals surface area contributed by atoms with Crippen LogP contribution in [0.25, 0.3) is 22.3 Å². The smallest absolute Gasteiger partial charge is 0.333 e. The van der Waals surface area contributed by atoms with Gasteiger partial charge in [0.15, 0.2) is 0 Å². The molecule has 1 saturated carbocycles. The Morgan fingerprint density at radius 2 is 1.56 bits per heavy atom. The van der Waals surface area contributed by atoms with E-state index in [0.717, 1.165) is 46.8 Å². The molecule has 0 amide bonds. The summed E-state index contributed by atoms with van der Waals surface area (Å²) in [5.74, 6) is 1.83. The van der Waals surface area contributed by atoms with Gasteiger partial charge in [-0.2, -0.15) is 0 Å². The fourth-order valence-corrected chi connectivity index (χ4v) is 7.43. The van der Waals surface area contributed by atoms with Crippen molar-refractivity contribution >= 4 is 5.97 Å². The molecule has 0 radical (unpaired) electrons. The monoisotopic (exact) mass is 710 g/mol. The van der Waals surface area contributed by atoms with E-state index in [2.05, 4.69) is 81.6 Å². The number of hydrogen-bond donors (Lipinski definition) is 2. The normalized spacial score (nSPS) is 16.0. The van der Waals surface area contributed by atoms with Crippen molar-refractivity contribution in [2.24, 2.45) is 11.3 Å². The van der Waals surface area contributed by atoms with Crippen LogP contribution in [-0.4, -0.2) is 42.6 Å². The Kier molecular flexibility index (Phi) is 16.0. The summed E-state index contributed by atoms with van der Waals surface area (Å²) in [6.45, 7) is 16.2. The number of aliphatic hydroxyl groups is 2. The predicted molar refractivity (Wildman–Crippen MR) is 212 cm³/mol. The largest absolute Gasteiger partial charge is 0.497 e. The molecular formula is C46H62O6. The van der Waals surface area contributed by atoms with Gasteiger partial charge in [-0.3, -0.25) is 0 Å². The first kappa shape index (κ1) is 40.9. The van der Waals surface area contributed by atoms with Gasteiger partial charge in [-0.15, -0.1) is 0 Å². The van der Waals surface area contributed by atoms with E-state index in [1.54, 1.807) is 6.92 Å². The molecule has 0 bridgehead atoms. The number of ether oxygens (including phenoxy) is 3. The highest BCUT2D eigenvalue weighted by atomic mass is 16.5. The summed E-state index contributed by atoms with van der Waals surface area (Å²) in [6, 6.07) is 20.1. The van der Waals surface area contributed by atoms with E-state index in [9.17, 15) is 15.0 Å². The van der Waals surface area contributed by atoms with Crippen molar-refractivity contribution in [3.05, 3.63) is 102 Å². The third-order valence-corrected chi connectivity index (χ3v) is 10.9. The van der Waals surface area contributed by atoms with E-state index in [-0.39, 0.29) is 26.4 Å². The minimum atomic E-state index is -0.727. The molecule has 2 N–H and O–H groups in total. The molecule has 1 aliphatic carbocycles. The van der Waals surface area contributed by atoms with E-state index in [1.807, 2.05) is 6.92 Å². The highest BCUT2D eigenvalue weighted by Gasteiger charge is 2.28. The lowest BCUT2D eigenvalue weighted by Crippen LogP contribution is -2.35. The van der Waals surface area contributed by atoms with Gasteiger partial charge >= 0.3 is 5.97 Å². The van der Waals surface area contributed by atoms with Crippen molar-refractivity contribution in [2.45, 2.75) is 111 Å². The molecule has 3 aromatic carbocycles. The van der Waals surface area contributed by atoms with Gasteiger partial charge in [-0.1, -0.05) is 95.7 Å². The van der Waals surface area contributed by atoms with Crippen molar-refractivity contribution < 1.29 is 29.2 Å². The third-order valence-electron chi connectivity index (χ3n) is 10.9. The molecule has 0 unspecified atom stereocenters. The van der Waals surface area contributed by atoms with Crippen LogP contribution in [0, 0.1) is 11.3 Å². The summed E-state index contributed by atoms with van der Waals surface area (Å²) in [5.41, 5.74) is 9.00. The lowest BCUT2D eigenvalue weighted by Gasteiger charge is -2.29. The van der Waals surface area contributed by atoms with E-state index in [4.69, 9.17) is 14.2 Å². The maximum atomic E-state index is 12.0. The average molecular weight is 711 g/mol. The summed E-state index contributed by atoms with van der Waals surface area (Å²) in [7, 11) is 0. The van der Waals surface area contributed by atoms with Gasteiger partial charge in [0.2, 0.25) is 0 Å². The standard InChI is InChI=1S/C46H62O6/c1-7-12-34-15-17-35(18-16-34)38-23-24-42(41(26-38)29-50-10-4)36-19-21-37(22-20-36)43-27-40(14-11-25-51-45(49)33(5)6)44(28-39(43)13-8-2)52-32-46(9-3,30-47)31-48/h10,19-24,26-28,34-35,47-48H,4-5,7-9,11-18,25,29-32H2,1-3,6H3. The van der Waals surface area contributed by atoms with E-state index in [0.29, 0.717) is 37.4 Å². The van der Waals surface area contributed by atoms with Crippen LogP contribution in [0.15, 0.2) is 79.6 Å². The lowest BCUT2D eigenvalue weighted by molar-refractivity contribution is -0.139. The van der Waals surface area contributed by atoms with Crippen LogP contribution in [-0.2, 0) is 33.7 Å². The second-order valence-corrected chi connectivity index (χ2v) is 14.8. The van der Waals surface area contributed by atoms with Gasteiger partial charge in [0.05, 0.1) is 38.1 Å². The minimum Gasteiger partial charge on any atom is -0.497 e. The average Bonchev–Trinajstić information content (AvgIpc) is 3.17. The summed E-state index contributed by atoms with van der Waals surface area (Å²) in [4.78, 5) is 12.0. The molecule has 1 aliphatic rings. The van der Waals surface area contributed by atoms with Crippen molar-refractivity contribution in [1.29, 1.82) is 0 Å². The Morgan fingerprint density at radius 3 is 2.15 bits per heavy atom. The quantitative estimate of drug-likeness (QED) is 0.0495. The van der Waals surface area contributed by atoms with Crippen LogP contribution < -0.4 is 4.74 Å². The van der Waals surface area contributed by atoms with Crippen LogP contribution >= 0.6 is 0 Å². The third kappa shape index (κ3) is 10.8. The van der Waals surface area contributed by atoms with Gasteiger partial charge in [0.1, 0.15) is 12.4 Å². The molecule has 0 aliphatic heterocycles. The summed E-state index contributed by atoms with van der Waals surface area (Å²) < 4.78 is 17.5. The molecule has 0 atom stereocenters. The molecule has 282 valence electrons. The van der Waals surface area contributed by atoms with Crippen molar-refractivity contribution in [1.82, 2.24) is 0 Å². The molecule has 0 aromatic heterocycles. The molecule has 6 nitrogen and oxygen atoms in total. The zero-order valence-corrected chi connectivity index (χ0v) is 32.2. The molecule has 4 rings (SSSR count). The fourth-order valence-electron chi connectivity index (χ4n) is 7.43. The van der Waals surface area contributed by atoms with Crippen LogP contribution in [0.4, 0.5) is 0 Å². The molecule has 52 heavy (non-hydrogen) atoms. The highest BCUT2D eigenvalue weighted by Crippen LogP contribution is 2.40. The Bertz CT molecular complexity index is 1590. The first-order valence-electron chi connectivity index (χ1n) is 19.5. The van der Waals surface area contributed by atoms with Gasteiger partial charge in [0.25, 0.3) is 0 Å². The molecule has 1 fully saturated rings. The molecular weight excluding hydrogens is 649 g/mol. The van der Waals surface area contributed by atoms with Gasteiger partial charge in [0, 0.05) is 5.57 Å². The van der Waals surface area contributed by atoms with E-state index >= 15 is 0 Å². The number of rotatable bonds is 21. The predicted octanol–water partition coefficient (Wildman–Crippen LogP) is 10.5. The molecule has 3 aromatic rings. The summed E-state index contributed by atoms with van der Waals surface area (Å²) in [5, 5.41) is 20.2. The maximum Gasteiger partial charge on any atom is 0.333 e. The van der Waals surface area contributed by atoms with Crippen molar-refractivity contribution in [3.8, 4) is 28.0 Å². The Morgan fingerprint density at radius 1 is 0.865 bits per heavy atom. The zero-order chi connectivity index (χ0) is 37.5. The van der Waals surface area contributed by atoms with E-state index in [1.165, 1.54) is 67.0 Å².